The van der Waals surface area contributed by atoms with Gasteiger partial charge in [-0.25, -0.2) is 8.78 Å². The molecule has 1 aliphatic rings. The van der Waals surface area contributed by atoms with E-state index in [1.807, 2.05) is 24.3 Å². The molecule has 2 aromatic rings. The van der Waals surface area contributed by atoms with Crippen molar-refractivity contribution in [3.05, 3.63) is 71.3 Å². The van der Waals surface area contributed by atoms with Gasteiger partial charge in [-0.15, -0.1) is 0 Å². The van der Waals surface area contributed by atoms with Crippen LogP contribution >= 0.6 is 0 Å². The highest BCUT2D eigenvalue weighted by atomic mass is 19.3. The van der Waals surface area contributed by atoms with Crippen molar-refractivity contribution >= 4 is 0 Å². The topological polar surface area (TPSA) is 20.2 Å². The molecule has 0 bridgehead atoms. The molecule has 2 aromatic carbocycles. The molecule has 0 aliphatic heterocycles. The molecule has 0 aromatic heterocycles. The van der Waals surface area contributed by atoms with E-state index in [1.165, 1.54) is 12.1 Å². The van der Waals surface area contributed by atoms with Crippen LogP contribution in [0, 0.1) is 5.92 Å². The van der Waals surface area contributed by atoms with Crippen molar-refractivity contribution in [3.63, 3.8) is 0 Å². The molecule has 0 saturated heterocycles. The maximum atomic E-state index is 14.4. The quantitative estimate of drug-likeness (QED) is 0.883. The van der Waals surface area contributed by atoms with Gasteiger partial charge in [0.1, 0.15) is 0 Å². The lowest BCUT2D eigenvalue weighted by Crippen LogP contribution is -2.27. The third-order valence-electron chi connectivity index (χ3n) is 4.32. The minimum atomic E-state index is -2.90. The standard InChI is InChI=1S/C18H18F2O/c19-18(20,15-7-2-1-3-8-15)12-14-11-10-13-6-4-5-9-16(13)17(14)21/h1-9,14,17,21H,10-12H2. The van der Waals surface area contributed by atoms with Gasteiger partial charge in [-0.05, 0) is 29.9 Å². The van der Waals surface area contributed by atoms with Crippen molar-refractivity contribution in [1.29, 1.82) is 0 Å². The molecular formula is C18H18F2O. The van der Waals surface area contributed by atoms with E-state index in [9.17, 15) is 13.9 Å². The maximum absolute atomic E-state index is 14.4. The summed E-state index contributed by atoms with van der Waals surface area (Å²) in [6, 6.07) is 15.4. The highest BCUT2D eigenvalue weighted by Gasteiger charge is 2.39. The number of aryl methyl sites for hydroxylation is 1. The lowest BCUT2D eigenvalue weighted by Gasteiger charge is -2.32. The summed E-state index contributed by atoms with van der Waals surface area (Å²) in [5, 5.41) is 10.4. The zero-order valence-corrected chi connectivity index (χ0v) is 11.7. The van der Waals surface area contributed by atoms with E-state index < -0.39 is 17.9 Å². The maximum Gasteiger partial charge on any atom is 0.273 e. The Balaban J connectivity index is 1.80. The molecule has 3 rings (SSSR count). The number of halogens is 2. The Hall–Kier alpha value is -1.74. The second-order valence-corrected chi connectivity index (χ2v) is 5.72. The molecule has 0 spiro atoms. The first-order valence-electron chi connectivity index (χ1n) is 7.27. The van der Waals surface area contributed by atoms with E-state index >= 15 is 0 Å². The summed E-state index contributed by atoms with van der Waals surface area (Å²) in [5.74, 6) is -3.31. The third kappa shape index (κ3) is 2.84. The van der Waals surface area contributed by atoms with Crippen LogP contribution in [0.4, 0.5) is 8.78 Å². The van der Waals surface area contributed by atoms with E-state index in [4.69, 9.17) is 0 Å². The first kappa shape index (κ1) is 14.2. The highest BCUT2D eigenvalue weighted by molar-refractivity contribution is 5.32. The summed E-state index contributed by atoms with van der Waals surface area (Å²) in [6.07, 6.45) is 0.236. The molecule has 0 saturated carbocycles. The van der Waals surface area contributed by atoms with Crippen molar-refractivity contribution < 1.29 is 13.9 Å². The Kier molecular flexibility index (Phi) is 3.77. The molecule has 2 atom stereocenters. The van der Waals surface area contributed by atoms with Crippen molar-refractivity contribution in [2.75, 3.05) is 0 Å². The van der Waals surface area contributed by atoms with Gasteiger partial charge in [0.25, 0.3) is 5.92 Å². The number of fused-ring (bicyclic) bond motifs is 1. The fraction of sp³-hybridized carbons (Fsp3) is 0.333. The van der Waals surface area contributed by atoms with Gasteiger partial charge < -0.3 is 5.11 Å². The molecule has 110 valence electrons. The predicted octanol–water partition coefficient (Wildman–Crippen LogP) is 4.46. The van der Waals surface area contributed by atoms with E-state index in [1.54, 1.807) is 18.2 Å². The third-order valence-corrected chi connectivity index (χ3v) is 4.32. The molecule has 1 N–H and O–H groups in total. The van der Waals surface area contributed by atoms with E-state index in [-0.39, 0.29) is 12.0 Å². The summed E-state index contributed by atoms with van der Waals surface area (Å²) < 4.78 is 28.8. The van der Waals surface area contributed by atoms with Crippen molar-refractivity contribution in [2.45, 2.75) is 31.3 Å². The molecule has 2 unspecified atom stereocenters. The zero-order chi connectivity index (χ0) is 14.9. The van der Waals surface area contributed by atoms with Gasteiger partial charge in [0.05, 0.1) is 6.10 Å². The Morgan fingerprint density at radius 1 is 1.00 bits per heavy atom. The number of hydrogen-bond acceptors (Lipinski definition) is 1. The largest absolute Gasteiger partial charge is 0.388 e. The van der Waals surface area contributed by atoms with Crippen LogP contribution in [0.15, 0.2) is 54.6 Å². The lowest BCUT2D eigenvalue weighted by molar-refractivity contribution is -0.0544. The summed E-state index contributed by atoms with van der Waals surface area (Å²) >= 11 is 0. The summed E-state index contributed by atoms with van der Waals surface area (Å²) in [5.41, 5.74) is 1.90. The average molecular weight is 288 g/mol. The normalized spacial score (nSPS) is 21.9. The highest BCUT2D eigenvalue weighted by Crippen LogP contribution is 2.43. The van der Waals surface area contributed by atoms with Gasteiger partial charge in [-0.2, -0.15) is 0 Å². The monoisotopic (exact) mass is 288 g/mol. The molecule has 21 heavy (non-hydrogen) atoms. The number of alkyl halides is 2. The smallest absolute Gasteiger partial charge is 0.273 e. The average Bonchev–Trinajstić information content (AvgIpc) is 2.51. The molecule has 0 radical (unpaired) electrons. The fourth-order valence-electron chi connectivity index (χ4n) is 3.15. The SMILES string of the molecule is OC1c2ccccc2CCC1CC(F)(F)c1ccccc1. The lowest BCUT2D eigenvalue weighted by atomic mass is 9.78. The van der Waals surface area contributed by atoms with Crippen LogP contribution in [-0.2, 0) is 12.3 Å². The van der Waals surface area contributed by atoms with E-state index in [2.05, 4.69) is 0 Å². The van der Waals surface area contributed by atoms with Crippen molar-refractivity contribution in [1.82, 2.24) is 0 Å². The second-order valence-electron chi connectivity index (χ2n) is 5.72. The molecule has 1 aliphatic carbocycles. The molecular weight excluding hydrogens is 270 g/mol. The van der Waals surface area contributed by atoms with Crippen LogP contribution in [0.5, 0.6) is 0 Å². The van der Waals surface area contributed by atoms with E-state index in [0.717, 1.165) is 17.5 Å². The van der Waals surface area contributed by atoms with Crippen LogP contribution in [0.3, 0.4) is 0 Å². The summed E-state index contributed by atoms with van der Waals surface area (Å²) in [4.78, 5) is 0. The minimum absolute atomic E-state index is 0.0241. The van der Waals surface area contributed by atoms with Crippen LogP contribution in [0.2, 0.25) is 0 Å². The predicted molar refractivity (Wildman–Crippen MR) is 78.2 cm³/mol. The number of rotatable bonds is 3. The Morgan fingerprint density at radius 2 is 1.67 bits per heavy atom. The van der Waals surface area contributed by atoms with Gasteiger partial charge in [-0.3, -0.25) is 0 Å². The van der Waals surface area contributed by atoms with Crippen LogP contribution in [-0.4, -0.2) is 5.11 Å². The number of benzene rings is 2. The van der Waals surface area contributed by atoms with Crippen molar-refractivity contribution in [2.24, 2.45) is 5.92 Å². The first-order chi connectivity index (χ1) is 10.1. The molecule has 0 fully saturated rings. The number of aliphatic hydroxyl groups is 1. The summed E-state index contributed by atoms with van der Waals surface area (Å²) in [6.45, 7) is 0. The Morgan fingerprint density at radius 3 is 2.43 bits per heavy atom. The van der Waals surface area contributed by atoms with E-state index in [0.29, 0.717) is 6.42 Å². The molecule has 0 amide bonds. The fourth-order valence-corrected chi connectivity index (χ4v) is 3.15. The van der Waals surface area contributed by atoms with Crippen molar-refractivity contribution in [3.8, 4) is 0 Å². The molecule has 3 heteroatoms. The van der Waals surface area contributed by atoms with Crippen LogP contribution < -0.4 is 0 Å². The van der Waals surface area contributed by atoms with Gasteiger partial charge >= 0.3 is 0 Å². The second kappa shape index (κ2) is 5.57. The van der Waals surface area contributed by atoms with Crippen LogP contribution in [0.1, 0.15) is 35.6 Å². The Bertz CT molecular complexity index is 610. The minimum Gasteiger partial charge on any atom is -0.388 e. The first-order valence-corrected chi connectivity index (χ1v) is 7.27. The van der Waals surface area contributed by atoms with Gasteiger partial charge in [0, 0.05) is 12.0 Å². The van der Waals surface area contributed by atoms with Gasteiger partial charge in [-0.1, -0.05) is 54.6 Å². The van der Waals surface area contributed by atoms with Gasteiger partial charge in [0.15, 0.2) is 0 Å². The Labute approximate surface area is 123 Å². The summed E-state index contributed by atoms with van der Waals surface area (Å²) in [7, 11) is 0. The molecule has 1 nitrogen and oxygen atoms in total. The molecule has 0 heterocycles. The number of hydrogen-bond donors (Lipinski definition) is 1. The number of aliphatic hydroxyl groups excluding tert-OH is 1. The van der Waals surface area contributed by atoms with Crippen LogP contribution in [0.25, 0.3) is 0 Å². The zero-order valence-electron chi connectivity index (χ0n) is 11.7. The van der Waals surface area contributed by atoms with Gasteiger partial charge in [0.2, 0.25) is 0 Å².